The van der Waals surface area contributed by atoms with E-state index in [1.807, 2.05) is 5.10 Å². The molecule has 2 atom stereocenters. The maximum Gasteiger partial charge on any atom is 0.433 e. The molecule has 226 valence electrons. The highest BCUT2D eigenvalue weighted by atomic mass is 35.5. The molecule has 43 heavy (non-hydrogen) atoms. The number of nitrogens with one attached hydrogen (secondary N) is 3. The number of β-amino-alcohol motifs (C(OH)–C–C–N with tert-alkyl or cyclic N) is 1. The third-order valence-electron chi connectivity index (χ3n) is 7.64. The van der Waals surface area contributed by atoms with Gasteiger partial charge in [0.1, 0.15) is 5.69 Å². The van der Waals surface area contributed by atoms with Crippen LogP contribution in [0, 0.1) is 5.92 Å². The van der Waals surface area contributed by atoms with Crippen molar-refractivity contribution in [1.82, 2.24) is 39.7 Å². The van der Waals surface area contributed by atoms with Crippen LogP contribution in [0.4, 0.5) is 24.7 Å². The van der Waals surface area contributed by atoms with E-state index in [4.69, 9.17) is 11.6 Å². The lowest BCUT2D eigenvalue weighted by atomic mass is 9.96. The zero-order chi connectivity index (χ0) is 30.3. The number of benzene rings is 1. The number of rotatable bonds is 5. The number of alkyl halides is 3. The first kappa shape index (κ1) is 28.9. The maximum absolute atomic E-state index is 13.4. The summed E-state index contributed by atoms with van der Waals surface area (Å²) >= 11 is 6.51. The number of piperidine rings is 1. The Hall–Kier alpha value is -4.21. The summed E-state index contributed by atoms with van der Waals surface area (Å²) in [6.45, 7) is 2.49. The van der Waals surface area contributed by atoms with E-state index < -0.39 is 18.0 Å². The first-order chi connectivity index (χ1) is 20.6. The van der Waals surface area contributed by atoms with Crippen molar-refractivity contribution in [1.29, 1.82) is 0 Å². The summed E-state index contributed by atoms with van der Waals surface area (Å²) < 4.78 is 41.7. The Bertz CT molecular complexity index is 1670. The van der Waals surface area contributed by atoms with Gasteiger partial charge < -0.3 is 25.5 Å². The van der Waals surface area contributed by atoms with Gasteiger partial charge in [0.05, 0.1) is 46.3 Å². The number of H-pyrrole nitrogens is 1. The van der Waals surface area contributed by atoms with E-state index in [0.29, 0.717) is 56.9 Å². The van der Waals surface area contributed by atoms with Crippen LogP contribution < -0.4 is 10.6 Å². The van der Waals surface area contributed by atoms with E-state index in [-0.39, 0.29) is 45.5 Å². The van der Waals surface area contributed by atoms with E-state index >= 15 is 0 Å². The Kier molecular flexibility index (Phi) is 7.70. The van der Waals surface area contributed by atoms with Crippen LogP contribution in [0.2, 0.25) is 5.02 Å². The molecule has 2 fully saturated rings. The normalized spacial score (nSPS) is 19.6. The summed E-state index contributed by atoms with van der Waals surface area (Å²) in [5, 5.41) is 21.7. The fraction of sp³-hybridized carbons (Fsp3) is 0.370. The highest BCUT2D eigenvalue weighted by Crippen LogP contribution is 2.36. The molecule has 0 unspecified atom stereocenters. The molecule has 4 N–H and O–H groups in total. The fourth-order valence-electron chi connectivity index (χ4n) is 5.47. The largest absolute Gasteiger partial charge is 0.433 e. The Morgan fingerprint density at radius 2 is 1.84 bits per heavy atom. The minimum absolute atomic E-state index is 0.0226. The zero-order valence-electron chi connectivity index (χ0n) is 22.6. The number of imidazole rings is 1. The maximum atomic E-state index is 13.4. The van der Waals surface area contributed by atoms with Gasteiger partial charge in [-0.1, -0.05) is 11.6 Å². The van der Waals surface area contributed by atoms with E-state index in [2.05, 4.69) is 25.7 Å². The van der Waals surface area contributed by atoms with Crippen molar-refractivity contribution in [2.24, 2.45) is 5.92 Å². The Morgan fingerprint density at radius 1 is 1.07 bits per heavy atom. The fourth-order valence-corrected chi connectivity index (χ4v) is 5.73. The van der Waals surface area contributed by atoms with E-state index in [0.717, 1.165) is 6.20 Å². The lowest BCUT2D eigenvalue weighted by Crippen LogP contribution is -2.54. The van der Waals surface area contributed by atoms with Crippen molar-refractivity contribution >= 4 is 40.6 Å². The number of piperazine rings is 1. The van der Waals surface area contributed by atoms with Crippen molar-refractivity contribution < 1.29 is 27.9 Å². The molecule has 2 amide bonds. The van der Waals surface area contributed by atoms with Gasteiger partial charge in [-0.2, -0.15) is 18.3 Å². The second kappa shape index (κ2) is 11.5. The molecule has 1 aromatic carbocycles. The third-order valence-corrected chi connectivity index (χ3v) is 7.96. The van der Waals surface area contributed by atoms with Crippen molar-refractivity contribution in [3.8, 4) is 11.3 Å². The van der Waals surface area contributed by atoms with Crippen molar-refractivity contribution in [3.63, 3.8) is 0 Å². The smallest absolute Gasteiger partial charge is 0.392 e. The minimum atomic E-state index is -4.62. The topological polar surface area (TPSA) is 144 Å². The number of amides is 2. The molecule has 2 saturated heterocycles. The summed E-state index contributed by atoms with van der Waals surface area (Å²) in [6.07, 6.45) is 0.572. The van der Waals surface area contributed by atoms with E-state index in [1.165, 1.54) is 23.0 Å². The number of aliphatic hydroxyl groups is 1. The SMILES string of the molecule is O=C(c1ccc(Nc2nccn3c(-c4cn[nH]c4C(F)(F)F)cnc23)cc1Cl)N1CCN(C(=O)[C@H]2CNC[C@H](O)C2)CC1. The molecule has 0 bridgehead atoms. The molecule has 0 aliphatic carbocycles. The molecule has 5 heterocycles. The lowest BCUT2D eigenvalue weighted by molar-refractivity contribution is -0.140. The standard InChI is InChI=1S/C27H27ClF3N9O3/c28-20-10-16(36-23-24-34-14-21(40(24)4-3-33-23)19-13-35-37-22(19)27(29,30)31)1-2-18(20)26(43)39-7-5-38(6-8-39)25(42)15-9-17(41)12-32-11-15/h1-4,10,13-15,17,32,41H,5-9,11-12H2,(H,33,36)(H,35,37)/t15-,17-/m1/s1. The van der Waals surface area contributed by atoms with Crippen LogP contribution in [0.3, 0.4) is 0 Å². The van der Waals surface area contributed by atoms with Crippen molar-refractivity contribution in [2.45, 2.75) is 18.7 Å². The molecule has 16 heteroatoms. The van der Waals surface area contributed by atoms with Crippen molar-refractivity contribution in [2.75, 3.05) is 44.6 Å². The molecule has 2 aliphatic rings. The predicted octanol–water partition coefficient (Wildman–Crippen LogP) is 2.79. The monoisotopic (exact) mass is 617 g/mol. The highest BCUT2D eigenvalue weighted by Gasteiger charge is 2.37. The van der Waals surface area contributed by atoms with Crippen LogP contribution in [0.5, 0.6) is 0 Å². The van der Waals surface area contributed by atoms with Crippen LogP contribution in [-0.2, 0) is 11.0 Å². The molecular weight excluding hydrogens is 591 g/mol. The summed E-state index contributed by atoms with van der Waals surface area (Å²) in [7, 11) is 0. The number of carbonyl (C=O) groups excluding carboxylic acids is 2. The molecule has 12 nitrogen and oxygen atoms in total. The van der Waals surface area contributed by atoms with Gasteiger partial charge in [-0.15, -0.1) is 0 Å². The average molecular weight is 618 g/mol. The van der Waals surface area contributed by atoms with Gasteiger partial charge in [-0.3, -0.25) is 19.1 Å². The lowest BCUT2D eigenvalue weighted by Gasteiger charge is -2.37. The molecular formula is C27H27ClF3N9O3. The van der Waals surface area contributed by atoms with Crippen LogP contribution in [-0.4, -0.2) is 96.7 Å². The highest BCUT2D eigenvalue weighted by molar-refractivity contribution is 6.34. The number of aliphatic hydroxyl groups excluding tert-OH is 1. The Balaban J connectivity index is 1.13. The molecule has 0 radical (unpaired) electrons. The molecule has 2 aliphatic heterocycles. The number of halogens is 4. The van der Waals surface area contributed by atoms with Gasteiger partial charge in [0.2, 0.25) is 5.91 Å². The summed E-state index contributed by atoms with van der Waals surface area (Å²) in [6, 6.07) is 4.79. The first-order valence-electron chi connectivity index (χ1n) is 13.6. The van der Waals surface area contributed by atoms with Gasteiger partial charge in [-0.25, -0.2) is 9.97 Å². The molecule has 0 spiro atoms. The number of hydrogen-bond donors (Lipinski definition) is 4. The average Bonchev–Trinajstić information content (AvgIpc) is 3.65. The summed E-state index contributed by atoms with van der Waals surface area (Å²) in [5.41, 5.74) is 0.0922. The molecule has 6 rings (SSSR count). The second-order valence-electron chi connectivity index (χ2n) is 10.5. The minimum Gasteiger partial charge on any atom is -0.392 e. The summed E-state index contributed by atoms with van der Waals surface area (Å²) in [5.74, 6) is -0.303. The number of fused-ring (bicyclic) bond motifs is 1. The molecule has 4 aromatic rings. The van der Waals surface area contributed by atoms with Gasteiger partial charge in [0.25, 0.3) is 5.91 Å². The molecule has 0 saturated carbocycles. The zero-order valence-corrected chi connectivity index (χ0v) is 23.4. The van der Waals surface area contributed by atoms with E-state index in [1.54, 1.807) is 28.0 Å². The number of nitrogens with zero attached hydrogens (tertiary/aromatic N) is 6. The van der Waals surface area contributed by atoms with Crippen LogP contribution in [0.15, 0.2) is 43.0 Å². The number of aromatic amines is 1. The van der Waals surface area contributed by atoms with Gasteiger partial charge in [0, 0.05) is 57.3 Å². The Labute approximate surface area is 247 Å². The van der Waals surface area contributed by atoms with Gasteiger partial charge in [-0.05, 0) is 24.6 Å². The predicted molar refractivity (Wildman–Crippen MR) is 150 cm³/mol. The van der Waals surface area contributed by atoms with Gasteiger partial charge >= 0.3 is 6.18 Å². The van der Waals surface area contributed by atoms with E-state index in [9.17, 15) is 27.9 Å². The number of hydrogen-bond acceptors (Lipinski definition) is 8. The summed E-state index contributed by atoms with van der Waals surface area (Å²) in [4.78, 5) is 38.0. The van der Waals surface area contributed by atoms with Crippen LogP contribution in [0.1, 0.15) is 22.5 Å². The van der Waals surface area contributed by atoms with Crippen molar-refractivity contribution in [3.05, 3.63) is 59.3 Å². The first-order valence-corrected chi connectivity index (χ1v) is 13.9. The molecule has 3 aromatic heterocycles. The van der Waals surface area contributed by atoms with Gasteiger partial charge in [0.15, 0.2) is 11.5 Å². The number of aromatic nitrogens is 5. The third kappa shape index (κ3) is 5.75. The van der Waals surface area contributed by atoms with Crippen LogP contribution in [0.25, 0.3) is 16.9 Å². The quantitative estimate of drug-likeness (QED) is 0.268. The number of anilines is 2. The Morgan fingerprint density at radius 3 is 2.56 bits per heavy atom. The number of carbonyl (C=O) groups is 2. The van der Waals surface area contributed by atoms with Crippen LogP contribution >= 0.6 is 11.6 Å². The second-order valence-corrected chi connectivity index (χ2v) is 10.9.